The lowest BCUT2D eigenvalue weighted by atomic mass is 9.85. The second kappa shape index (κ2) is 5.67. The van der Waals surface area contributed by atoms with Gasteiger partial charge in [0.25, 0.3) is 0 Å². The molecular weight excluding hydrogens is 202 g/mol. The number of carbonyl (C=O) groups is 1. The monoisotopic (exact) mass is 227 g/mol. The summed E-state index contributed by atoms with van der Waals surface area (Å²) in [6, 6.07) is 0.488. The van der Waals surface area contributed by atoms with Gasteiger partial charge >= 0.3 is 5.97 Å². The molecule has 0 radical (unpaired) electrons. The van der Waals surface area contributed by atoms with Crippen molar-refractivity contribution in [3.05, 3.63) is 0 Å². The first kappa shape index (κ1) is 13.5. The molecule has 1 atom stereocenters. The molecule has 3 nitrogen and oxygen atoms in total. The molecule has 1 unspecified atom stereocenters. The maximum absolute atomic E-state index is 11.5. The molecule has 0 aliphatic heterocycles. The summed E-state index contributed by atoms with van der Waals surface area (Å²) < 4.78 is 0. The van der Waals surface area contributed by atoms with E-state index in [0.717, 1.165) is 45.2 Å². The van der Waals surface area contributed by atoms with Crippen LogP contribution >= 0.6 is 0 Å². The van der Waals surface area contributed by atoms with Gasteiger partial charge in [-0.2, -0.15) is 0 Å². The molecule has 0 heterocycles. The lowest BCUT2D eigenvalue weighted by Crippen LogP contribution is -2.45. The summed E-state index contributed by atoms with van der Waals surface area (Å²) in [6.45, 7) is 8.15. The first-order chi connectivity index (χ1) is 7.55. The molecule has 0 amide bonds. The number of nitrogens with zero attached hydrogens (tertiary/aromatic N) is 1. The summed E-state index contributed by atoms with van der Waals surface area (Å²) in [5, 5.41) is 9.44. The zero-order valence-electron chi connectivity index (χ0n) is 10.8. The predicted molar refractivity (Wildman–Crippen MR) is 65.5 cm³/mol. The van der Waals surface area contributed by atoms with Gasteiger partial charge in [0.05, 0.1) is 5.41 Å². The van der Waals surface area contributed by atoms with Crippen molar-refractivity contribution in [3.8, 4) is 0 Å². The molecule has 0 aromatic rings. The Morgan fingerprint density at radius 2 is 1.94 bits per heavy atom. The normalized spacial score (nSPS) is 21.2. The van der Waals surface area contributed by atoms with Crippen molar-refractivity contribution >= 4 is 5.97 Å². The Morgan fingerprint density at radius 3 is 2.31 bits per heavy atom. The van der Waals surface area contributed by atoms with E-state index in [0.29, 0.717) is 6.04 Å². The Morgan fingerprint density at radius 1 is 1.38 bits per heavy atom. The van der Waals surface area contributed by atoms with E-state index in [1.165, 1.54) is 0 Å². The Labute approximate surface area is 98.8 Å². The van der Waals surface area contributed by atoms with Crippen LogP contribution in [0.1, 0.15) is 52.9 Å². The van der Waals surface area contributed by atoms with Crippen LogP contribution < -0.4 is 0 Å². The average molecular weight is 227 g/mol. The maximum atomic E-state index is 11.5. The fraction of sp³-hybridized carbons (Fsp3) is 0.923. The molecule has 0 spiro atoms. The van der Waals surface area contributed by atoms with Gasteiger partial charge in [-0.15, -0.1) is 0 Å². The molecule has 3 heteroatoms. The van der Waals surface area contributed by atoms with E-state index in [2.05, 4.69) is 25.7 Å². The van der Waals surface area contributed by atoms with Crippen molar-refractivity contribution in [2.75, 3.05) is 13.1 Å². The Balaban J connectivity index is 2.70. The van der Waals surface area contributed by atoms with Gasteiger partial charge in [0.1, 0.15) is 0 Å². The minimum absolute atomic E-state index is 0.459. The molecule has 1 aliphatic rings. The van der Waals surface area contributed by atoms with Gasteiger partial charge in [0.2, 0.25) is 0 Å². The average Bonchev–Trinajstić information content (AvgIpc) is 2.74. The van der Waals surface area contributed by atoms with Crippen LogP contribution in [0.3, 0.4) is 0 Å². The molecule has 16 heavy (non-hydrogen) atoms. The van der Waals surface area contributed by atoms with Crippen molar-refractivity contribution in [1.82, 2.24) is 4.90 Å². The summed E-state index contributed by atoms with van der Waals surface area (Å²) in [5.41, 5.74) is -0.459. The van der Waals surface area contributed by atoms with Crippen LogP contribution in [0.2, 0.25) is 0 Å². The number of hydrogen-bond acceptors (Lipinski definition) is 2. The van der Waals surface area contributed by atoms with Crippen LogP contribution in [0.15, 0.2) is 0 Å². The minimum atomic E-state index is -0.591. The SMILES string of the molecule is CCC(C)N(CC)CC1(C(=O)O)CCCC1. The molecule has 94 valence electrons. The topological polar surface area (TPSA) is 40.5 Å². The van der Waals surface area contributed by atoms with E-state index >= 15 is 0 Å². The van der Waals surface area contributed by atoms with Gasteiger partial charge in [-0.3, -0.25) is 9.69 Å². The van der Waals surface area contributed by atoms with Crippen molar-refractivity contribution in [2.24, 2.45) is 5.41 Å². The predicted octanol–water partition coefficient (Wildman–Crippen LogP) is 2.75. The lowest BCUT2D eigenvalue weighted by Gasteiger charge is -2.35. The van der Waals surface area contributed by atoms with Gasteiger partial charge in [0.15, 0.2) is 0 Å². The number of hydrogen-bond donors (Lipinski definition) is 1. The summed E-state index contributed by atoms with van der Waals surface area (Å²) in [7, 11) is 0. The highest BCUT2D eigenvalue weighted by Crippen LogP contribution is 2.39. The van der Waals surface area contributed by atoms with Crippen LogP contribution in [-0.2, 0) is 4.79 Å². The second-order valence-corrected chi connectivity index (χ2v) is 5.11. The molecular formula is C13H25NO2. The summed E-state index contributed by atoms with van der Waals surface area (Å²) >= 11 is 0. The van der Waals surface area contributed by atoms with Crippen LogP contribution in [0.4, 0.5) is 0 Å². The molecule has 1 aliphatic carbocycles. The van der Waals surface area contributed by atoms with E-state index in [1.54, 1.807) is 0 Å². The van der Waals surface area contributed by atoms with E-state index in [4.69, 9.17) is 0 Å². The number of aliphatic carboxylic acids is 1. The second-order valence-electron chi connectivity index (χ2n) is 5.11. The summed E-state index contributed by atoms with van der Waals surface area (Å²) in [5.74, 6) is -0.591. The smallest absolute Gasteiger partial charge is 0.310 e. The molecule has 0 saturated heterocycles. The number of carboxylic acids is 1. The quantitative estimate of drug-likeness (QED) is 0.758. The zero-order valence-corrected chi connectivity index (χ0v) is 10.8. The highest BCUT2D eigenvalue weighted by molar-refractivity contribution is 5.75. The Bertz CT molecular complexity index is 234. The van der Waals surface area contributed by atoms with Gasteiger partial charge in [-0.05, 0) is 32.7 Å². The van der Waals surface area contributed by atoms with Crippen molar-refractivity contribution in [2.45, 2.75) is 58.9 Å². The fourth-order valence-corrected chi connectivity index (χ4v) is 2.72. The largest absolute Gasteiger partial charge is 0.481 e. The highest BCUT2D eigenvalue weighted by Gasteiger charge is 2.42. The Hall–Kier alpha value is -0.570. The van der Waals surface area contributed by atoms with Gasteiger partial charge in [0, 0.05) is 12.6 Å². The molecule has 1 fully saturated rings. The highest BCUT2D eigenvalue weighted by atomic mass is 16.4. The molecule has 1 N–H and O–H groups in total. The van der Waals surface area contributed by atoms with Crippen molar-refractivity contribution < 1.29 is 9.90 Å². The summed E-state index contributed by atoms with van der Waals surface area (Å²) in [6.07, 6.45) is 4.95. The standard InChI is InChI=1S/C13H25NO2/c1-4-11(3)14(5-2)10-13(12(15)16)8-6-7-9-13/h11H,4-10H2,1-3H3,(H,15,16). The third-order valence-corrected chi connectivity index (χ3v) is 4.14. The van der Waals surface area contributed by atoms with E-state index in [-0.39, 0.29) is 0 Å². The van der Waals surface area contributed by atoms with Crippen LogP contribution in [0, 0.1) is 5.41 Å². The van der Waals surface area contributed by atoms with Crippen molar-refractivity contribution in [3.63, 3.8) is 0 Å². The molecule has 1 rings (SSSR count). The minimum Gasteiger partial charge on any atom is -0.481 e. The van der Waals surface area contributed by atoms with E-state index < -0.39 is 11.4 Å². The van der Waals surface area contributed by atoms with Crippen LogP contribution in [0.5, 0.6) is 0 Å². The van der Waals surface area contributed by atoms with Crippen LogP contribution in [0.25, 0.3) is 0 Å². The van der Waals surface area contributed by atoms with Crippen LogP contribution in [-0.4, -0.2) is 35.1 Å². The first-order valence-corrected chi connectivity index (χ1v) is 6.53. The van der Waals surface area contributed by atoms with Crippen molar-refractivity contribution in [1.29, 1.82) is 0 Å². The molecule has 0 aromatic carbocycles. The molecule has 1 saturated carbocycles. The lowest BCUT2D eigenvalue weighted by molar-refractivity contribution is -0.150. The van der Waals surface area contributed by atoms with E-state index in [9.17, 15) is 9.90 Å². The number of rotatable bonds is 6. The zero-order chi connectivity index (χ0) is 12.2. The summed E-state index contributed by atoms with van der Waals surface area (Å²) in [4.78, 5) is 13.8. The fourth-order valence-electron chi connectivity index (χ4n) is 2.72. The molecule has 0 bridgehead atoms. The van der Waals surface area contributed by atoms with Gasteiger partial charge in [-0.1, -0.05) is 26.7 Å². The maximum Gasteiger partial charge on any atom is 0.310 e. The molecule has 0 aromatic heterocycles. The van der Waals surface area contributed by atoms with Gasteiger partial charge < -0.3 is 5.11 Å². The first-order valence-electron chi connectivity index (χ1n) is 6.53. The van der Waals surface area contributed by atoms with Gasteiger partial charge in [-0.25, -0.2) is 0 Å². The third-order valence-electron chi connectivity index (χ3n) is 4.14. The van der Waals surface area contributed by atoms with E-state index in [1.807, 2.05) is 0 Å². The number of carboxylic acid groups (broad SMARTS) is 1. The third kappa shape index (κ3) is 2.76. The Kier molecular flexibility index (Phi) is 4.78.